The van der Waals surface area contributed by atoms with Crippen LogP contribution in [0.5, 0.6) is 5.75 Å². The van der Waals surface area contributed by atoms with Crippen LogP contribution in [0.3, 0.4) is 0 Å². The Balaban J connectivity index is 2.30. The van der Waals surface area contributed by atoms with Gasteiger partial charge in [0, 0.05) is 19.2 Å². The van der Waals surface area contributed by atoms with Crippen LogP contribution in [0.15, 0.2) is 17.0 Å². The topological polar surface area (TPSA) is 116 Å². The van der Waals surface area contributed by atoms with E-state index in [1.807, 2.05) is 0 Å². The number of amides is 1. The Bertz CT molecular complexity index is 827. The van der Waals surface area contributed by atoms with Gasteiger partial charge in [-0.25, -0.2) is 8.42 Å². The number of carbonyl (C=O) groups is 2. The minimum Gasteiger partial charge on any atom is -0.483 e. The summed E-state index contributed by atoms with van der Waals surface area (Å²) in [5, 5.41) is 0.0391. The Labute approximate surface area is 163 Å². The molecule has 2 N–H and O–H groups in total. The number of hydrogen-bond donors (Lipinski definition) is 1. The number of rotatable bonds is 7. The highest BCUT2D eigenvalue weighted by atomic mass is 35.5. The van der Waals surface area contributed by atoms with Crippen molar-refractivity contribution in [2.45, 2.75) is 31.6 Å². The van der Waals surface area contributed by atoms with E-state index in [0.29, 0.717) is 18.4 Å². The molecule has 10 heteroatoms. The molecule has 1 saturated heterocycles. The number of primary amides is 1. The van der Waals surface area contributed by atoms with Gasteiger partial charge >= 0.3 is 5.97 Å². The summed E-state index contributed by atoms with van der Waals surface area (Å²) in [4.78, 5) is 22.8. The molecule has 1 aliphatic heterocycles. The molecule has 2 rings (SSSR count). The molecule has 0 spiro atoms. The van der Waals surface area contributed by atoms with Gasteiger partial charge in [-0.3, -0.25) is 9.59 Å². The van der Waals surface area contributed by atoms with Crippen molar-refractivity contribution < 1.29 is 27.5 Å². The maximum absolute atomic E-state index is 13.1. The first-order valence-corrected chi connectivity index (χ1v) is 10.4. The van der Waals surface area contributed by atoms with Crippen LogP contribution in [-0.2, 0) is 24.3 Å². The third-order valence-electron chi connectivity index (χ3n) is 4.22. The molecule has 1 aliphatic rings. The van der Waals surface area contributed by atoms with Crippen molar-refractivity contribution >= 4 is 33.5 Å². The number of sulfonamides is 1. The average molecular weight is 419 g/mol. The van der Waals surface area contributed by atoms with Gasteiger partial charge in [0.15, 0.2) is 6.61 Å². The van der Waals surface area contributed by atoms with Crippen LogP contribution in [0.1, 0.15) is 25.3 Å². The first-order chi connectivity index (χ1) is 12.7. The van der Waals surface area contributed by atoms with E-state index in [1.165, 1.54) is 16.4 Å². The predicted molar refractivity (Wildman–Crippen MR) is 99.0 cm³/mol. The fourth-order valence-electron chi connectivity index (χ4n) is 2.89. The molecule has 1 atom stereocenters. The minimum absolute atomic E-state index is 0.0306. The summed E-state index contributed by atoms with van der Waals surface area (Å²) in [5.41, 5.74) is 5.64. The fourth-order valence-corrected chi connectivity index (χ4v) is 4.98. The molecule has 1 heterocycles. The van der Waals surface area contributed by atoms with Gasteiger partial charge in [-0.15, -0.1) is 0 Å². The van der Waals surface area contributed by atoms with Gasteiger partial charge in [-0.2, -0.15) is 4.31 Å². The third kappa shape index (κ3) is 5.12. The molecule has 8 nitrogen and oxygen atoms in total. The van der Waals surface area contributed by atoms with Crippen molar-refractivity contribution in [2.75, 3.05) is 26.3 Å². The second-order valence-electron chi connectivity index (χ2n) is 6.26. The number of esters is 1. The number of nitrogens with two attached hydrogens (primary N) is 1. The Morgan fingerprint density at radius 1 is 1.37 bits per heavy atom. The highest BCUT2D eigenvalue weighted by molar-refractivity contribution is 7.89. The predicted octanol–water partition coefficient (Wildman–Crippen LogP) is 1.48. The molecule has 150 valence electrons. The molecular weight excluding hydrogens is 396 g/mol. The smallest absolute Gasteiger partial charge is 0.310 e. The zero-order chi connectivity index (χ0) is 20.2. The lowest BCUT2D eigenvalue weighted by atomic mass is 10.0. The van der Waals surface area contributed by atoms with Crippen molar-refractivity contribution in [3.05, 3.63) is 22.7 Å². The van der Waals surface area contributed by atoms with Crippen molar-refractivity contribution in [2.24, 2.45) is 11.7 Å². The molecule has 0 radical (unpaired) electrons. The van der Waals surface area contributed by atoms with Crippen LogP contribution < -0.4 is 10.5 Å². The number of piperidine rings is 1. The number of nitrogens with zero attached hydrogens (tertiary/aromatic N) is 1. The van der Waals surface area contributed by atoms with Crippen molar-refractivity contribution in [1.82, 2.24) is 4.31 Å². The first-order valence-electron chi connectivity index (χ1n) is 8.54. The molecule has 0 saturated carbocycles. The lowest BCUT2D eigenvalue weighted by Gasteiger charge is -2.31. The molecule has 0 bridgehead atoms. The Morgan fingerprint density at radius 2 is 2.07 bits per heavy atom. The average Bonchev–Trinajstić information content (AvgIpc) is 2.61. The zero-order valence-electron chi connectivity index (χ0n) is 15.2. The second kappa shape index (κ2) is 8.90. The van der Waals surface area contributed by atoms with Crippen LogP contribution in [0.25, 0.3) is 0 Å². The molecule has 1 unspecified atom stereocenters. The number of ether oxygens (including phenoxy) is 2. The van der Waals surface area contributed by atoms with E-state index < -0.39 is 27.8 Å². The number of aryl methyl sites for hydroxylation is 1. The summed E-state index contributed by atoms with van der Waals surface area (Å²) < 4.78 is 37.7. The third-order valence-corrected chi connectivity index (χ3v) is 6.55. The standard InChI is InChI=1S/C17H23ClN2O6S/c1-3-25-17(22)12-5-4-6-20(9-12)27(23,24)15-8-14(26-10-16(19)21)11(2)7-13(15)18/h7-8,12H,3-6,9-10H2,1-2H3,(H2,19,21). The van der Waals surface area contributed by atoms with E-state index in [-0.39, 0.29) is 42.0 Å². The van der Waals surface area contributed by atoms with Gasteiger partial charge in [0.2, 0.25) is 10.0 Å². The molecule has 1 aromatic rings. The minimum atomic E-state index is -3.95. The summed E-state index contributed by atoms with van der Waals surface area (Å²) >= 11 is 6.17. The fraction of sp³-hybridized carbons (Fsp3) is 0.529. The molecule has 0 aliphatic carbocycles. The maximum atomic E-state index is 13.1. The van der Waals surface area contributed by atoms with Gasteiger partial charge in [0.05, 0.1) is 17.5 Å². The molecule has 1 aromatic carbocycles. The van der Waals surface area contributed by atoms with Crippen molar-refractivity contribution in [1.29, 1.82) is 0 Å². The molecular formula is C17H23ClN2O6S. The van der Waals surface area contributed by atoms with Crippen LogP contribution >= 0.6 is 11.6 Å². The van der Waals surface area contributed by atoms with E-state index in [9.17, 15) is 18.0 Å². The Kier molecular flexibility index (Phi) is 7.07. The van der Waals surface area contributed by atoms with Crippen LogP contribution in [-0.4, -0.2) is 50.9 Å². The summed E-state index contributed by atoms with van der Waals surface area (Å²) in [6, 6.07) is 2.74. The second-order valence-corrected chi connectivity index (χ2v) is 8.57. The summed E-state index contributed by atoms with van der Waals surface area (Å²) in [7, 11) is -3.95. The molecule has 27 heavy (non-hydrogen) atoms. The van der Waals surface area contributed by atoms with Gasteiger partial charge in [-0.1, -0.05) is 11.6 Å². The Hall–Kier alpha value is -1.84. The number of halogens is 1. The van der Waals surface area contributed by atoms with Crippen molar-refractivity contribution in [3.8, 4) is 5.75 Å². The summed E-state index contributed by atoms with van der Waals surface area (Å²) in [6.07, 6.45) is 1.11. The van der Waals surface area contributed by atoms with E-state index in [1.54, 1.807) is 13.8 Å². The lowest BCUT2D eigenvalue weighted by molar-refractivity contribution is -0.149. The largest absolute Gasteiger partial charge is 0.483 e. The van der Waals surface area contributed by atoms with Crippen LogP contribution in [0.2, 0.25) is 5.02 Å². The highest BCUT2D eigenvalue weighted by Gasteiger charge is 2.35. The quantitative estimate of drug-likeness (QED) is 0.670. The maximum Gasteiger partial charge on any atom is 0.310 e. The highest BCUT2D eigenvalue weighted by Crippen LogP contribution is 2.33. The summed E-state index contributed by atoms with van der Waals surface area (Å²) in [6.45, 7) is 3.55. The van der Waals surface area contributed by atoms with Gasteiger partial charge < -0.3 is 15.2 Å². The van der Waals surface area contributed by atoms with Gasteiger partial charge in [-0.05, 0) is 38.3 Å². The van der Waals surface area contributed by atoms with E-state index in [2.05, 4.69) is 0 Å². The number of hydrogen-bond acceptors (Lipinski definition) is 6. The van der Waals surface area contributed by atoms with E-state index >= 15 is 0 Å². The van der Waals surface area contributed by atoms with Crippen LogP contribution in [0.4, 0.5) is 0 Å². The van der Waals surface area contributed by atoms with Gasteiger partial charge in [0.1, 0.15) is 10.6 Å². The Morgan fingerprint density at radius 3 is 2.70 bits per heavy atom. The van der Waals surface area contributed by atoms with Crippen molar-refractivity contribution in [3.63, 3.8) is 0 Å². The number of benzene rings is 1. The van der Waals surface area contributed by atoms with Gasteiger partial charge in [0.25, 0.3) is 5.91 Å². The van der Waals surface area contributed by atoms with Crippen LogP contribution in [0, 0.1) is 12.8 Å². The lowest BCUT2D eigenvalue weighted by Crippen LogP contribution is -2.42. The van der Waals surface area contributed by atoms with E-state index in [4.69, 9.17) is 26.8 Å². The van der Waals surface area contributed by atoms with E-state index in [0.717, 1.165) is 0 Å². The molecule has 1 fully saturated rings. The monoisotopic (exact) mass is 418 g/mol. The SMILES string of the molecule is CCOC(=O)C1CCCN(S(=O)(=O)c2cc(OCC(N)=O)c(C)cc2Cl)C1. The normalized spacial score (nSPS) is 18.1. The molecule has 0 aromatic heterocycles. The first kappa shape index (κ1) is 21.5. The zero-order valence-corrected chi connectivity index (χ0v) is 16.8. The summed E-state index contributed by atoms with van der Waals surface area (Å²) in [5.74, 6) is -1.39. The number of carbonyl (C=O) groups excluding carboxylic acids is 2. The molecule has 1 amide bonds.